The van der Waals surface area contributed by atoms with Crippen LogP contribution in [0.5, 0.6) is 0 Å². The maximum atomic E-state index is 10.9. The van der Waals surface area contributed by atoms with Crippen molar-refractivity contribution >= 4 is 22.8 Å². The molecule has 0 aliphatic heterocycles. The summed E-state index contributed by atoms with van der Waals surface area (Å²) in [6.07, 6.45) is 0.861. The second-order valence-electron chi connectivity index (χ2n) is 3.94. The van der Waals surface area contributed by atoms with Gasteiger partial charge in [0.25, 0.3) is 0 Å². The molecule has 0 unspecified atom stereocenters. The second-order valence-corrected chi connectivity index (χ2v) is 4.95. The van der Waals surface area contributed by atoms with Gasteiger partial charge in [-0.05, 0) is 20.8 Å². The highest BCUT2D eigenvalue weighted by molar-refractivity contribution is 7.17. The molecule has 1 heterocycles. The Morgan fingerprint density at radius 2 is 1.79 bits per heavy atom. The number of aryl methyl sites for hydroxylation is 1. The summed E-state index contributed by atoms with van der Waals surface area (Å²) in [6, 6.07) is 0. The number of carbonyl (C=O) groups is 1. The van der Waals surface area contributed by atoms with Crippen LogP contribution in [0.4, 0.5) is 5.13 Å². The molecule has 5 nitrogen and oxygen atoms in total. The first-order valence-electron chi connectivity index (χ1n) is 6.55. The lowest BCUT2D eigenvalue weighted by Crippen LogP contribution is -2.31. The van der Waals surface area contributed by atoms with Gasteiger partial charge in [0.1, 0.15) is 0 Å². The van der Waals surface area contributed by atoms with Gasteiger partial charge in [0, 0.05) is 26.3 Å². The molecule has 1 rings (SSSR count). The number of ether oxygens (including phenoxy) is 2. The molecule has 0 aliphatic rings. The van der Waals surface area contributed by atoms with Crippen LogP contribution >= 0.6 is 11.3 Å². The zero-order chi connectivity index (χ0) is 14.1. The van der Waals surface area contributed by atoms with E-state index in [0.29, 0.717) is 31.3 Å². The molecule has 0 aromatic carbocycles. The van der Waals surface area contributed by atoms with Crippen molar-refractivity contribution < 1.29 is 14.3 Å². The predicted molar refractivity (Wildman–Crippen MR) is 77.4 cm³/mol. The summed E-state index contributed by atoms with van der Waals surface area (Å²) in [5.74, 6) is 0. The number of aldehydes is 1. The molecule has 0 radical (unpaired) electrons. The average molecular weight is 286 g/mol. The summed E-state index contributed by atoms with van der Waals surface area (Å²) in [7, 11) is 0. The largest absolute Gasteiger partial charge is 0.380 e. The van der Waals surface area contributed by atoms with Crippen molar-refractivity contribution in [2.24, 2.45) is 0 Å². The number of rotatable bonds is 10. The number of thiazole rings is 1. The standard InChI is InChI=1S/C13H22N2O3S/c1-4-17-8-6-15(7-9-18-5-2)13-14-11(3)12(10-16)19-13/h10H,4-9H2,1-3H3. The SMILES string of the molecule is CCOCCN(CCOCC)c1nc(C)c(C=O)s1. The van der Waals surface area contributed by atoms with Gasteiger partial charge in [-0.3, -0.25) is 4.79 Å². The van der Waals surface area contributed by atoms with Gasteiger partial charge in [-0.15, -0.1) is 0 Å². The molecule has 1 aromatic rings. The first-order valence-corrected chi connectivity index (χ1v) is 7.37. The molecule has 6 heteroatoms. The molecule has 0 atom stereocenters. The fourth-order valence-corrected chi connectivity index (χ4v) is 2.51. The third-order valence-electron chi connectivity index (χ3n) is 2.62. The smallest absolute Gasteiger partial charge is 0.186 e. The van der Waals surface area contributed by atoms with E-state index in [2.05, 4.69) is 9.88 Å². The molecule has 0 saturated carbocycles. The van der Waals surface area contributed by atoms with Crippen LogP contribution in [0.15, 0.2) is 0 Å². The van der Waals surface area contributed by atoms with Gasteiger partial charge in [0.2, 0.25) is 0 Å². The number of hydrogen-bond donors (Lipinski definition) is 0. The van der Waals surface area contributed by atoms with E-state index >= 15 is 0 Å². The van der Waals surface area contributed by atoms with E-state index in [-0.39, 0.29) is 0 Å². The molecule has 0 spiro atoms. The van der Waals surface area contributed by atoms with Crippen LogP contribution in [-0.2, 0) is 9.47 Å². The minimum atomic E-state index is 0.650. The number of carbonyl (C=O) groups excluding carboxylic acids is 1. The Balaban J connectivity index is 2.66. The number of nitrogens with zero attached hydrogens (tertiary/aromatic N) is 2. The highest BCUT2D eigenvalue weighted by Crippen LogP contribution is 2.24. The summed E-state index contributed by atoms with van der Waals surface area (Å²) < 4.78 is 10.8. The van der Waals surface area contributed by atoms with Crippen LogP contribution in [-0.4, -0.2) is 50.8 Å². The Bertz CT molecular complexity index is 372. The lowest BCUT2D eigenvalue weighted by Gasteiger charge is -2.21. The third-order valence-corrected chi connectivity index (χ3v) is 3.76. The average Bonchev–Trinajstić information content (AvgIpc) is 2.78. The monoisotopic (exact) mass is 286 g/mol. The summed E-state index contributed by atoms with van der Waals surface area (Å²) >= 11 is 1.42. The van der Waals surface area contributed by atoms with E-state index in [1.54, 1.807) is 0 Å². The Labute approximate surface area is 118 Å². The van der Waals surface area contributed by atoms with Crippen molar-refractivity contribution in [2.75, 3.05) is 44.4 Å². The first-order chi connectivity index (χ1) is 9.22. The fourth-order valence-electron chi connectivity index (χ4n) is 1.58. The normalized spacial score (nSPS) is 10.7. The second kappa shape index (κ2) is 9.01. The topological polar surface area (TPSA) is 51.7 Å². The van der Waals surface area contributed by atoms with E-state index < -0.39 is 0 Å². The van der Waals surface area contributed by atoms with Gasteiger partial charge in [-0.25, -0.2) is 4.98 Å². The van der Waals surface area contributed by atoms with Crippen molar-refractivity contribution in [3.05, 3.63) is 10.6 Å². The van der Waals surface area contributed by atoms with Gasteiger partial charge < -0.3 is 14.4 Å². The molecule has 0 bridgehead atoms. The maximum absolute atomic E-state index is 10.9. The summed E-state index contributed by atoms with van der Waals surface area (Å²) in [6.45, 7) is 10.0. The van der Waals surface area contributed by atoms with E-state index in [1.807, 2.05) is 20.8 Å². The van der Waals surface area contributed by atoms with E-state index in [9.17, 15) is 4.79 Å². The Hall–Kier alpha value is -0.980. The Kier molecular flexibility index (Phi) is 7.62. The molecule has 0 fully saturated rings. The lowest BCUT2D eigenvalue weighted by molar-refractivity contribution is 0.112. The van der Waals surface area contributed by atoms with E-state index in [1.165, 1.54) is 11.3 Å². The van der Waals surface area contributed by atoms with Gasteiger partial charge >= 0.3 is 0 Å². The van der Waals surface area contributed by atoms with Gasteiger partial charge in [-0.2, -0.15) is 0 Å². The van der Waals surface area contributed by atoms with Crippen LogP contribution in [0.25, 0.3) is 0 Å². The highest BCUT2D eigenvalue weighted by Gasteiger charge is 2.13. The fraction of sp³-hybridized carbons (Fsp3) is 0.692. The Morgan fingerprint density at radius 3 is 2.21 bits per heavy atom. The highest BCUT2D eigenvalue weighted by atomic mass is 32.1. The zero-order valence-corrected chi connectivity index (χ0v) is 12.7. The Morgan fingerprint density at radius 1 is 1.21 bits per heavy atom. The van der Waals surface area contributed by atoms with Gasteiger partial charge in [0.05, 0.1) is 23.8 Å². The molecule has 0 N–H and O–H groups in total. The molecule has 19 heavy (non-hydrogen) atoms. The third kappa shape index (κ3) is 5.26. The number of aromatic nitrogens is 1. The van der Waals surface area contributed by atoms with Crippen molar-refractivity contribution in [1.29, 1.82) is 0 Å². The van der Waals surface area contributed by atoms with Crippen LogP contribution in [0.2, 0.25) is 0 Å². The molecule has 1 aromatic heterocycles. The molecule has 0 amide bonds. The molecular weight excluding hydrogens is 264 g/mol. The minimum absolute atomic E-state index is 0.650. The van der Waals surface area contributed by atoms with Crippen molar-refractivity contribution in [3.63, 3.8) is 0 Å². The van der Waals surface area contributed by atoms with Gasteiger partial charge in [0.15, 0.2) is 11.4 Å². The van der Waals surface area contributed by atoms with Crippen LogP contribution in [0, 0.1) is 6.92 Å². The maximum Gasteiger partial charge on any atom is 0.186 e. The van der Waals surface area contributed by atoms with Crippen molar-refractivity contribution in [1.82, 2.24) is 4.98 Å². The van der Waals surface area contributed by atoms with Crippen LogP contribution in [0.3, 0.4) is 0 Å². The van der Waals surface area contributed by atoms with Crippen LogP contribution < -0.4 is 4.90 Å². The summed E-state index contributed by atoms with van der Waals surface area (Å²) in [5.41, 5.74) is 0.785. The van der Waals surface area contributed by atoms with E-state index in [0.717, 1.165) is 30.2 Å². The molecular formula is C13H22N2O3S. The summed E-state index contributed by atoms with van der Waals surface area (Å²) in [4.78, 5) is 18.1. The predicted octanol–water partition coefficient (Wildman–Crippen LogP) is 2.14. The first kappa shape index (κ1) is 16.1. The van der Waals surface area contributed by atoms with Crippen LogP contribution in [0.1, 0.15) is 29.2 Å². The molecule has 108 valence electrons. The summed E-state index contributed by atoms with van der Waals surface area (Å²) in [5, 5.41) is 0.860. The van der Waals surface area contributed by atoms with Gasteiger partial charge in [-0.1, -0.05) is 11.3 Å². The van der Waals surface area contributed by atoms with E-state index in [4.69, 9.17) is 9.47 Å². The number of hydrogen-bond acceptors (Lipinski definition) is 6. The minimum Gasteiger partial charge on any atom is -0.380 e. The number of anilines is 1. The lowest BCUT2D eigenvalue weighted by atomic mass is 10.4. The zero-order valence-electron chi connectivity index (χ0n) is 11.8. The molecule has 0 aliphatic carbocycles. The quantitative estimate of drug-likeness (QED) is 0.487. The molecule has 0 saturated heterocycles. The van der Waals surface area contributed by atoms with Crippen molar-refractivity contribution in [2.45, 2.75) is 20.8 Å². The van der Waals surface area contributed by atoms with Crippen molar-refractivity contribution in [3.8, 4) is 0 Å².